The second kappa shape index (κ2) is 5.72. The molecular formula is C14H18ClFO. The third-order valence-corrected chi connectivity index (χ3v) is 3.89. The summed E-state index contributed by atoms with van der Waals surface area (Å²) in [6.45, 7) is 0. The lowest BCUT2D eigenvalue weighted by Gasteiger charge is -2.19. The molecule has 0 amide bonds. The Morgan fingerprint density at radius 3 is 2.82 bits per heavy atom. The molecule has 0 heterocycles. The van der Waals surface area contributed by atoms with Crippen molar-refractivity contribution in [3.8, 4) is 5.75 Å². The Balaban J connectivity index is 2.27. The normalized spacial score (nSPS) is 25.4. The summed E-state index contributed by atoms with van der Waals surface area (Å²) < 4.78 is 18.7. The average Bonchev–Trinajstić information content (AvgIpc) is 2.54. The van der Waals surface area contributed by atoms with Gasteiger partial charge < -0.3 is 4.74 Å². The summed E-state index contributed by atoms with van der Waals surface area (Å²) in [4.78, 5) is 0. The molecule has 0 aromatic heterocycles. The zero-order chi connectivity index (χ0) is 12.3. The molecule has 1 aromatic rings. The van der Waals surface area contributed by atoms with Crippen LogP contribution in [0.4, 0.5) is 4.39 Å². The number of ether oxygens (including phenoxy) is 1. The molecule has 94 valence electrons. The summed E-state index contributed by atoms with van der Waals surface area (Å²) in [6.07, 6.45) is 5.38. The standard InChI is InChI=1S/C14H18ClFO/c1-17-14-7-6-12(16)9-13(14)10-4-2-3-5-11(15)8-10/h6-7,9-11H,2-5,8H2,1H3. The number of hydrogen-bond acceptors (Lipinski definition) is 1. The smallest absolute Gasteiger partial charge is 0.123 e. The molecule has 0 bridgehead atoms. The van der Waals surface area contributed by atoms with Crippen LogP contribution in [0, 0.1) is 5.82 Å². The van der Waals surface area contributed by atoms with E-state index in [9.17, 15) is 4.39 Å². The Bertz CT molecular complexity index is 380. The molecule has 0 saturated heterocycles. The summed E-state index contributed by atoms with van der Waals surface area (Å²) in [7, 11) is 1.63. The van der Waals surface area contributed by atoms with Gasteiger partial charge in [-0.05, 0) is 43.4 Å². The van der Waals surface area contributed by atoms with Crippen LogP contribution in [0.25, 0.3) is 0 Å². The molecule has 0 spiro atoms. The topological polar surface area (TPSA) is 9.23 Å². The third-order valence-electron chi connectivity index (χ3n) is 3.49. The number of alkyl halides is 1. The maximum absolute atomic E-state index is 13.3. The Morgan fingerprint density at radius 1 is 1.29 bits per heavy atom. The van der Waals surface area contributed by atoms with E-state index in [-0.39, 0.29) is 11.2 Å². The van der Waals surface area contributed by atoms with Gasteiger partial charge in [0.05, 0.1) is 7.11 Å². The summed E-state index contributed by atoms with van der Waals surface area (Å²) >= 11 is 6.27. The van der Waals surface area contributed by atoms with E-state index >= 15 is 0 Å². The first-order valence-corrected chi connectivity index (χ1v) is 6.62. The first-order chi connectivity index (χ1) is 8.20. The zero-order valence-electron chi connectivity index (χ0n) is 10.1. The van der Waals surface area contributed by atoms with Gasteiger partial charge in [-0.25, -0.2) is 4.39 Å². The van der Waals surface area contributed by atoms with Crippen LogP contribution in [0.3, 0.4) is 0 Å². The molecule has 17 heavy (non-hydrogen) atoms. The highest BCUT2D eigenvalue weighted by Gasteiger charge is 2.23. The van der Waals surface area contributed by atoms with Crippen LogP contribution in [-0.2, 0) is 0 Å². The van der Waals surface area contributed by atoms with Crippen molar-refractivity contribution in [2.24, 2.45) is 0 Å². The van der Waals surface area contributed by atoms with Crippen molar-refractivity contribution >= 4 is 11.6 Å². The molecule has 3 heteroatoms. The molecule has 2 unspecified atom stereocenters. The summed E-state index contributed by atoms with van der Waals surface area (Å²) in [5, 5.41) is 0.204. The number of halogens is 2. The highest BCUT2D eigenvalue weighted by Crippen LogP contribution is 2.38. The molecule has 1 aliphatic rings. The van der Waals surface area contributed by atoms with E-state index in [0.29, 0.717) is 5.92 Å². The lowest BCUT2D eigenvalue weighted by Crippen LogP contribution is -2.06. The fourth-order valence-electron chi connectivity index (χ4n) is 2.61. The molecular weight excluding hydrogens is 239 g/mol. The van der Waals surface area contributed by atoms with Crippen LogP contribution in [0.2, 0.25) is 0 Å². The lowest BCUT2D eigenvalue weighted by atomic mass is 9.91. The van der Waals surface area contributed by atoms with Crippen LogP contribution in [0.1, 0.15) is 43.6 Å². The van der Waals surface area contributed by atoms with Crippen molar-refractivity contribution in [2.45, 2.75) is 43.4 Å². The van der Waals surface area contributed by atoms with Gasteiger partial charge in [0, 0.05) is 10.9 Å². The van der Waals surface area contributed by atoms with Crippen molar-refractivity contribution in [3.05, 3.63) is 29.6 Å². The molecule has 1 aromatic carbocycles. The van der Waals surface area contributed by atoms with Crippen LogP contribution < -0.4 is 4.74 Å². The first-order valence-electron chi connectivity index (χ1n) is 6.18. The van der Waals surface area contributed by atoms with E-state index in [2.05, 4.69) is 0 Å². The minimum atomic E-state index is -0.198. The molecule has 0 radical (unpaired) electrons. The molecule has 0 aliphatic heterocycles. The van der Waals surface area contributed by atoms with Gasteiger partial charge >= 0.3 is 0 Å². The van der Waals surface area contributed by atoms with Crippen LogP contribution in [0.5, 0.6) is 5.75 Å². The Morgan fingerprint density at radius 2 is 2.06 bits per heavy atom. The van der Waals surface area contributed by atoms with Gasteiger partial charge in [-0.1, -0.05) is 12.8 Å². The van der Waals surface area contributed by atoms with Gasteiger partial charge in [0.1, 0.15) is 11.6 Å². The summed E-state index contributed by atoms with van der Waals surface area (Å²) in [5.41, 5.74) is 0.972. The van der Waals surface area contributed by atoms with Gasteiger partial charge in [-0.15, -0.1) is 11.6 Å². The molecule has 0 N–H and O–H groups in total. The summed E-state index contributed by atoms with van der Waals surface area (Å²) in [6, 6.07) is 4.74. The van der Waals surface area contributed by atoms with Crippen LogP contribution >= 0.6 is 11.6 Å². The van der Waals surface area contributed by atoms with E-state index in [0.717, 1.165) is 37.0 Å². The predicted octanol–water partition coefficient (Wildman–Crippen LogP) is 4.49. The SMILES string of the molecule is COc1ccc(F)cc1C1CCCCC(Cl)C1. The van der Waals surface area contributed by atoms with E-state index in [1.807, 2.05) is 0 Å². The average molecular weight is 257 g/mol. The van der Waals surface area contributed by atoms with Gasteiger partial charge in [0.25, 0.3) is 0 Å². The molecule has 1 aliphatic carbocycles. The van der Waals surface area contributed by atoms with Gasteiger partial charge in [0.2, 0.25) is 0 Å². The predicted molar refractivity (Wildman–Crippen MR) is 68.4 cm³/mol. The van der Waals surface area contributed by atoms with Crippen molar-refractivity contribution in [1.82, 2.24) is 0 Å². The molecule has 1 saturated carbocycles. The molecule has 2 atom stereocenters. The van der Waals surface area contributed by atoms with Gasteiger partial charge in [0.15, 0.2) is 0 Å². The fourth-order valence-corrected chi connectivity index (χ4v) is 2.98. The Kier molecular flexibility index (Phi) is 4.27. The Hall–Kier alpha value is -0.760. The van der Waals surface area contributed by atoms with Crippen LogP contribution in [-0.4, -0.2) is 12.5 Å². The Labute approximate surface area is 107 Å². The van der Waals surface area contributed by atoms with E-state index in [4.69, 9.17) is 16.3 Å². The minimum absolute atomic E-state index is 0.198. The maximum Gasteiger partial charge on any atom is 0.123 e. The lowest BCUT2D eigenvalue weighted by molar-refractivity contribution is 0.400. The second-order valence-corrected chi connectivity index (χ2v) is 5.32. The van der Waals surface area contributed by atoms with E-state index in [1.165, 1.54) is 12.5 Å². The van der Waals surface area contributed by atoms with Crippen LogP contribution in [0.15, 0.2) is 18.2 Å². The van der Waals surface area contributed by atoms with Crippen molar-refractivity contribution in [2.75, 3.05) is 7.11 Å². The number of rotatable bonds is 2. The van der Waals surface area contributed by atoms with E-state index < -0.39 is 0 Å². The first kappa shape index (κ1) is 12.7. The fraction of sp³-hybridized carbons (Fsp3) is 0.571. The molecule has 2 rings (SSSR count). The largest absolute Gasteiger partial charge is 0.496 e. The summed E-state index contributed by atoms with van der Waals surface area (Å²) in [5.74, 6) is 0.906. The highest BCUT2D eigenvalue weighted by atomic mass is 35.5. The van der Waals surface area contributed by atoms with Crippen molar-refractivity contribution < 1.29 is 9.13 Å². The number of hydrogen-bond donors (Lipinski definition) is 0. The van der Waals surface area contributed by atoms with Crippen molar-refractivity contribution in [3.63, 3.8) is 0 Å². The zero-order valence-corrected chi connectivity index (χ0v) is 10.8. The van der Waals surface area contributed by atoms with Crippen molar-refractivity contribution in [1.29, 1.82) is 0 Å². The molecule has 1 nitrogen and oxygen atoms in total. The minimum Gasteiger partial charge on any atom is -0.496 e. The maximum atomic E-state index is 13.3. The highest BCUT2D eigenvalue weighted by molar-refractivity contribution is 6.20. The number of benzene rings is 1. The van der Waals surface area contributed by atoms with Gasteiger partial charge in [-0.3, -0.25) is 0 Å². The quantitative estimate of drug-likeness (QED) is 0.560. The second-order valence-electron chi connectivity index (χ2n) is 4.70. The molecule has 1 fully saturated rings. The van der Waals surface area contributed by atoms with E-state index in [1.54, 1.807) is 19.2 Å². The van der Waals surface area contributed by atoms with Gasteiger partial charge in [-0.2, -0.15) is 0 Å². The third kappa shape index (κ3) is 3.12. The number of methoxy groups -OCH3 is 1. The monoisotopic (exact) mass is 256 g/mol.